The van der Waals surface area contributed by atoms with Gasteiger partial charge in [0, 0.05) is 24.8 Å². The molecule has 1 aromatic heterocycles. The van der Waals surface area contributed by atoms with Crippen LogP contribution in [-0.4, -0.2) is 25.3 Å². The zero-order valence-corrected chi connectivity index (χ0v) is 10.1. The summed E-state index contributed by atoms with van der Waals surface area (Å²) in [5, 5.41) is 0. The Kier molecular flexibility index (Phi) is 3.38. The van der Waals surface area contributed by atoms with Gasteiger partial charge in [0.05, 0.1) is 11.2 Å². The summed E-state index contributed by atoms with van der Waals surface area (Å²) < 4.78 is 48.4. The summed E-state index contributed by atoms with van der Waals surface area (Å²) in [4.78, 5) is 3.87. The van der Waals surface area contributed by atoms with Crippen molar-refractivity contribution >= 4 is 12.7 Å². The quantitative estimate of drug-likeness (QED) is 0.721. The highest BCUT2D eigenvalue weighted by Crippen LogP contribution is 2.28. The van der Waals surface area contributed by atoms with Crippen molar-refractivity contribution in [1.29, 1.82) is 0 Å². The average molecular weight is 259 g/mol. The van der Waals surface area contributed by atoms with Crippen molar-refractivity contribution in [2.75, 3.05) is 13.2 Å². The van der Waals surface area contributed by atoms with Crippen LogP contribution in [0, 0.1) is 5.41 Å². The molecule has 7 heteroatoms. The lowest BCUT2D eigenvalue weighted by atomic mass is 9.79. The van der Waals surface area contributed by atoms with Gasteiger partial charge in [0.2, 0.25) is 0 Å². The van der Waals surface area contributed by atoms with Gasteiger partial charge in [-0.15, -0.1) is 0 Å². The van der Waals surface area contributed by atoms with Gasteiger partial charge in [-0.2, -0.15) is 13.2 Å². The van der Waals surface area contributed by atoms with E-state index in [4.69, 9.17) is 9.31 Å². The third-order valence-corrected chi connectivity index (χ3v) is 2.60. The minimum Gasteiger partial charge on any atom is -0.406 e. The molecule has 98 valence electrons. The van der Waals surface area contributed by atoms with Crippen LogP contribution in [0.25, 0.3) is 0 Å². The molecule has 0 aliphatic carbocycles. The molecular weight excluding hydrogens is 246 g/mol. The minimum absolute atomic E-state index is 0.127. The Labute approximate surface area is 103 Å². The van der Waals surface area contributed by atoms with Crippen LogP contribution in [0.1, 0.15) is 19.4 Å². The second-order valence-electron chi connectivity index (χ2n) is 5.09. The first-order valence-electron chi connectivity index (χ1n) is 5.54. The van der Waals surface area contributed by atoms with E-state index in [1.807, 2.05) is 13.8 Å². The first-order valence-corrected chi connectivity index (χ1v) is 5.54. The number of alkyl halides is 3. The van der Waals surface area contributed by atoms with E-state index in [1.54, 1.807) is 0 Å². The van der Waals surface area contributed by atoms with Crippen LogP contribution in [0.3, 0.4) is 0 Å². The molecule has 2 rings (SSSR count). The maximum absolute atomic E-state index is 12.5. The molecule has 0 spiro atoms. The summed E-state index contributed by atoms with van der Waals surface area (Å²) >= 11 is 0. The summed E-state index contributed by atoms with van der Waals surface area (Å²) in [5.74, 6) is 0. The Hall–Kier alpha value is -1.08. The molecule has 18 heavy (non-hydrogen) atoms. The van der Waals surface area contributed by atoms with E-state index in [1.165, 1.54) is 0 Å². The van der Waals surface area contributed by atoms with Gasteiger partial charge in [0.15, 0.2) is 0 Å². The first kappa shape index (κ1) is 13.4. The summed E-state index contributed by atoms with van der Waals surface area (Å²) in [6.07, 6.45) is -3.27. The highest BCUT2D eigenvalue weighted by molar-refractivity contribution is 6.60. The van der Waals surface area contributed by atoms with Crippen molar-refractivity contribution in [3.63, 3.8) is 0 Å². The Morgan fingerprint density at radius 1 is 1.28 bits per heavy atom. The van der Waals surface area contributed by atoms with Crippen molar-refractivity contribution in [2.45, 2.75) is 20.0 Å². The normalized spacial score (nSPS) is 19.9. The van der Waals surface area contributed by atoms with Crippen molar-refractivity contribution in [3.8, 4) is 0 Å². The number of hydrogen-bond acceptors (Lipinski definition) is 3. The number of nitrogens with zero attached hydrogens (tertiary/aromatic N) is 1. The number of aromatic nitrogens is 1. The zero-order chi connectivity index (χ0) is 13.4. The SMILES string of the molecule is CC1(C)COB(c2cc(C(F)(F)F)ccn2)OC1. The van der Waals surface area contributed by atoms with Crippen LogP contribution < -0.4 is 5.59 Å². The van der Waals surface area contributed by atoms with E-state index in [0.29, 0.717) is 13.2 Å². The number of hydrogen-bond donors (Lipinski definition) is 0. The molecule has 0 saturated carbocycles. The van der Waals surface area contributed by atoms with Gasteiger partial charge in [-0.25, -0.2) is 0 Å². The van der Waals surface area contributed by atoms with Gasteiger partial charge in [0.1, 0.15) is 0 Å². The molecule has 1 aromatic rings. The minimum atomic E-state index is -4.38. The Morgan fingerprint density at radius 3 is 2.44 bits per heavy atom. The highest BCUT2D eigenvalue weighted by atomic mass is 19.4. The van der Waals surface area contributed by atoms with Crippen molar-refractivity contribution < 1.29 is 22.5 Å². The van der Waals surface area contributed by atoms with Crippen LogP contribution in [0.2, 0.25) is 0 Å². The fourth-order valence-electron chi connectivity index (χ4n) is 1.62. The molecule has 1 aliphatic heterocycles. The largest absolute Gasteiger partial charge is 0.513 e. The monoisotopic (exact) mass is 259 g/mol. The fraction of sp³-hybridized carbons (Fsp3) is 0.545. The predicted molar refractivity (Wildman–Crippen MR) is 60.3 cm³/mol. The number of rotatable bonds is 1. The topological polar surface area (TPSA) is 31.4 Å². The molecular formula is C11H13BF3NO2. The molecule has 0 N–H and O–H groups in total. The lowest BCUT2D eigenvalue weighted by Crippen LogP contribution is -2.48. The summed E-state index contributed by atoms with van der Waals surface area (Å²) in [5.41, 5.74) is -0.720. The summed E-state index contributed by atoms with van der Waals surface area (Å²) in [7, 11) is -0.819. The Morgan fingerprint density at radius 2 is 1.89 bits per heavy atom. The predicted octanol–water partition coefficient (Wildman–Crippen LogP) is 1.87. The number of halogens is 3. The van der Waals surface area contributed by atoms with Crippen LogP contribution in [-0.2, 0) is 15.5 Å². The number of pyridine rings is 1. The van der Waals surface area contributed by atoms with Crippen LogP contribution in [0.5, 0.6) is 0 Å². The van der Waals surface area contributed by atoms with Crippen LogP contribution in [0.15, 0.2) is 18.3 Å². The van der Waals surface area contributed by atoms with E-state index in [-0.39, 0.29) is 11.0 Å². The molecule has 2 heterocycles. The molecule has 0 amide bonds. The molecule has 0 aromatic carbocycles. The third-order valence-electron chi connectivity index (χ3n) is 2.60. The maximum Gasteiger partial charge on any atom is 0.513 e. The lowest BCUT2D eigenvalue weighted by molar-refractivity contribution is -0.137. The van der Waals surface area contributed by atoms with Crippen molar-refractivity contribution in [3.05, 3.63) is 23.9 Å². The highest BCUT2D eigenvalue weighted by Gasteiger charge is 2.37. The van der Waals surface area contributed by atoms with Gasteiger partial charge in [0.25, 0.3) is 0 Å². The summed E-state index contributed by atoms with van der Waals surface area (Å²) in [6.45, 7) is 4.77. The van der Waals surface area contributed by atoms with Gasteiger partial charge in [-0.1, -0.05) is 13.8 Å². The van der Waals surface area contributed by atoms with Crippen LogP contribution >= 0.6 is 0 Å². The van der Waals surface area contributed by atoms with Gasteiger partial charge < -0.3 is 9.31 Å². The van der Waals surface area contributed by atoms with E-state index in [0.717, 1.165) is 18.3 Å². The van der Waals surface area contributed by atoms with E-state index in [9.17, 15) is 13.2 Å². The third kappa shape index (κ3) is 3.03. The zero-order valence-electron chi connectivity index (χ0n) is 10.1. The Balaban J connectivity index is 2.15. The molecule has 0 bridgehead atoms. The average Bonchev–Trinajstić information content (AvgIpc) is 2.28. The molecule has 3 nitrogen and oxygen atoms in total. The van der Waals surface area contributed by atoms with Crippen molar-refractivity contribution in [2.24, 2.45) is 5.41 Å². The van der Waals surface area contributed by atoms with Gasteiger partial charge >= 0.3 is 13.3 Å². The molecule has 1 aliphatic rings. The van der Waals surface area contributed by atoms with E-state index < -0.39 is 18.9 Å². The second-order valence-corrected chi connectivity index (χ2v) is 5.09. The molecule has 1 saturated heterocycles. The standard InChI is InChI=1S/C11H13BF3NO2/c1-10(2)6-17-12(18-7-10)9-5-8(3-4-16-9)11(13,14)15/h3-5H,6-7H2,1-2H3. The van der Waals surface area contributed by atoms with E-state index in [2.05, 4.69) is 4.98 Å². The Bertz CT molecular complexity index is 427. The maximum atomic E-state index is 12.5. The van der Waals surface area contributed by atoms with E-state index >= 15 is 0 Å². The first-order chi connectivity index (χ1) is 8.28. The fourth-order valence-corrected chi connectivity index (χ4v) is 1.62. The van der Waals surface area contributed by atoms with Crippen molar-refractivity contribution in [1.82, 2.24) is 4.98 Å². The molecule has 0 unspecified atom stereocenters. The molecule has 1 fully saturated rings. The smallest absolute Gasteiger partial charge is 0.406 e. The van der Waals surface area contributed by atoms with Crippen LogP contribution in [0.4, 0.5) is 13.2 Å². The van der Waals surface area contributed by atoms with Gasteiger partial charge in [-0.05, 0) is 12.1 Å². The second kappa shape index (κ2) is 4.55. The summed E-state index contributed by atoms with van der Waals surface area (Å²) in [6, 6.07) is 1.89. The molecule has 0 radical (unpaired) electrons. The van der Waals surface area contributed by atoms with Gasteiger partial charge in [-0.3, -0.25) is 4.98 Å². The lowest BCUT2D eigenvalue weighted by Gasteiger charge is -2.32. The molecule has 0 atom stereocenters.